The Morgan fingerprint density at radius 1 is 1.40 bits per heavy atom. The first-order valence-corrected chi connectivity index (χ1v) is 4.91. The molecule has 0 fully saturated rings. The maximum Gasteiger partial charge on any atom is 0.307 e. The molecule has 0 saturated carbocycles. The van der Waals surface area contributed by atoms with E-state index in [-0.39, 0.29) is 5.97 Å². The lowest BCUT2D eigenvalue weighted by Crippen LogP contribution is -2.29. The first-order chi connectivity index (χ1) is 7.11. The monoisotopic (exact) mass is 208 g/mol. The molecule has 1 rings (SSSR count). The van der Waals surface area contributed by atoms with E-state index in [2.05, 4.69) is 0 Å². The highest BCUT2D eigenvalue weighted by molar-refractivity contribution is 5.69. The number of hydrogen-bond acceptors (Lipinski definition) is 4. The van der Waals surface area contributed by atoms with Gasteiger partial charge in [0.25, 0.3) is 0 Å². The molecular formula is C11H16N2O2. The highest BCUT2D eigenvalue weighted by Crippen LogP contribution is 2.07. The van der Waals surface area contributed by atoms with Crippen molar-refractivity contribution in [2.75, 3.05) is 5.73 Å². The molecule has 0 heterocycles. The summed E-state index contributed by atoms with van der Waals surface area (Å²) in [6.45, 7) is 1.73. The van der Waals surface area contributed by atoms with Crippen LogP contribution in [0.3, 0.4) is 0 Å². The minimum Gasteiger partial charge on any atom is -0.446 e. The average Bonchev–Trinajstić information content (AvgIpc) is 2.21. The highest BCUT2D eigenvalue weighted by Gasteiger charge is 2.08. The third-order valence-corrected chi connectivity index (χ3v) is 1.99. The molecule has 1 atom stereocenters. The molecule has 4 N–H and O–H groups in total. The van der Waals surface area contributed by atoms with Crippen LogP contribution in [0.25, 0.3) is 0 Å². The first-order valence-electron chi connectivity index (χ1n) is 4.91. The number of nitrogen functional groups attached to an aromatic ring is 1. The Balaban J connectivity index is 2.47. The quantitative estimate of drug-likeness (QED) is 0.440. The van der Waals surface area contributed by atoms with E-state index in [1.807, 2.05) is 12.1 Å². The van der Waals surface area contributed by atoms with Crippen molar-refractivity contribution in [2.45, 2.75) is 26.0 Å². The minimum absolute atomic E-state index is 0.280. The molecule has 0 radical (unpaired) electrons. The van der Waals surface area contributed by atoms with Crippen LogP contribution in [0.5, 0.6) is 0 Å². The minimum atomic E-state index is -0.582. The van der Waals surface area contributed by atoms with Gasteiger partial charge in [-0.05, 0) is 17.7 Å². The Labute approximate surface area is 89.2 Å². The summed E-state index contributed by atoms with van der Waals surface area (Å²) in [5.74, 6) is -0.280. The van der Waals surface area contributed by atoms with Crippen molar-refractivity contribution in [3.63, 3.8) is 0 Å². The summed E-state index contributed by atoms with van der Waals surface area (Å²) in [6.07, 6.45) is 0.266. The fourth-order valence-corrected chi connectivity index (χ4v) is 1.18. The van der Waals surface area contributed by atoms with Gasteiger partial charge in [0, 0.05) is 18.5 Å². The molecule has 0 amide bonds. The number of carbonyl (C=O) groups excluding carboxylic acids is 1. The zero-order valence-electron chi connectivity index (χ0n) is 8.77. The molecule has 0 saturated heterocycles. The van der Waals surface area contributed by atoms with Crippen LogP contribution in [-0.4, -0.2) is 12.2 Å². The summed E-state index contributed by atoms with van der Waals surface area (Å²) in [7, 11) is 0. The molecule has 15 heavy (non-hydrogen) atoms. The third kappa shape index (κ3) is 3.99. The van der Waals surface area contributed by atoms with Gasteiger partial charge in [-0.1, -0.05) is 19.1 Å². The topological polar surface area (TPSA) is 78.3 Å². The number of esters is 1. The summed E-state index contributed by atoms with van der Waals surface area (Å²) < 4.78 is 4.94. The van der Waals surface area contributed by atoms with Crippen LogP contribution in [0.15, 0.2) is 24.3 Å². The Kier molecular flexibility index (Phi) is 4.12. The maximum atomic E-state index is 10.9. The lowest BCUT2D eigenvalue weighted by molar-refractivity contribution is -0.148. The molecule has 0 aliphatic carbocycles. The van der Waals surface area contributed by atoms with Gasteiger partial charge in [0.2, 0.25) is 0 Å². The van der Waals surface area contributed by atoms with E-state index in [0.717, 1.165) is 5.56 Å². The van der Waals surface area contributed by atoms with E-state index in [9.17, 15) is 4.79 Å². The Hall–Kier alpha value is -1.55. The van der Waals surface area contributed by atoms with Crippen LogP contribution in [0.1, 0.15) is 18.9 Å². The maximum absolute atomic E-state index is 10.9. The second-order valence-corrected chi connectivity index (χ2v) is 3.33. The zero-order valence-corrected chi connectivity index (χ0v) is 8.77. The molecule has 0 aliphatic rings. The highest BCUT2D eigenvalue weighted by atomic mass is 16.6. The normalized spacial score (nSPS) is 12.1. The SMILES string of the molecule is CCC(=O)OC(N)Cc1ccc(N)cc1. The van der Waals surface area contributed by atoms with Crippen LogP contribution in [-0.2, 0) is 16.0 Å². The number of nitrogens with two attached hydrogens (primary N) is 2. The summed E-state index contributed by atoms with van der Waals surface area (Å²) >= 11 is 0. The van der Waals surface area contributed by atoms with Gasteiger partial charge in [0.05, 0.1) is 0 Å². The average molecular weight is 208 g/mol. The summed E-state index contributed by atoms with van der Waals surface area (Å²) in [5.41, 5.74) is 12.9. The van der Waals surface area contributed by atoms with Crippen LogP contribution in [0.2, 0.25) is 0 Å². The first kappa shape index (κ1) is 11.5. The molecule has 1 aromatic rings. The number of hydrogen-bond donors (Lipinski definition) is 2. The van der Waals surface area contributed by atoms with Crippen molar-refractivity contribution in [2.24, 2.45) is 5.73 Å². The molecule has 0 aliphatic heterocycles. The van der Waals surface area contributed by atoms with Crippen molar-refractivity contribution >= 4 is 11.7 Å². The molecule has 0 bridgehead atoms. The van der Waals surface area contributed by atoms with Crippen LogP contribution in [0, 0.1) is 0 Å². The Morgan fingerprint density at radius 2 is 2.00 bits per heavy atom. The molecule has 4 heteroatoms. The van der Waals surface area contributed by atoms with Crippen LogP contribution >= 0.6 is 0 Å². The van der Waals surface area contributed by atoms with Gasteiger partial charge in [0.15, 0.2) is 6.23 Å². The van der Waals surface area contributed by atoms with Gasteiger partial charge in [-0.25, -0.2) is 0 Å². The molecule has 1 unspecified atom stereocenters. The van der Waals surface area contributed by atoms with Gasteiger partial charge in [-0.15, -0.1) is 0 Å². The van der Waals surface area contributed by atoms with Gasteiger partial charge in [-0.3, -0.25) is 10.5 Å². The van der Waals surface area contributed by atoms with E-state index in [1.54, 1.807) is 19.1 Å². The Morgan fingerprint density at radius 3 is 2.53 bits per heavy atom. The van der Waals surface area contributed by atoms with E-state index < -0.39 is 6.23 Å². The molecule has 4 nitrogen and oxygen atoms in total. The third-order valence-electron chi connectivity index (χ3n) is 1.99. The second-order valence-electron chi connectivity index (χ2n) is 3.33. The van der Waals surface area contributed by atoms with Gasteiger partial charge in [-0.2, -0.15) is 0 Å². The predicted molar refractivity (Wildman–Crippen MR) is 58.9 cm³/mol. The summed E-state index contributed by atoms with van der Waals surface area (Å²) in [5, 5.41) is 0. The smallest absolute Gasteiger partial charge is 0.307 e. The van der Waals surface area contributed by atoms with E-state index in [0.29, 0.717) is 18.5 Å². The largest absolute Gasteiger partial charge is 0.446 e. The number of anilines is 1. The van der Waals surface area contributed by atoms with E-state index >= 15 is 0 Å². The zero-order chi connectivity index (χ0) is 11.3. The second kappa shape index (κ2) is 5.36. The van der Waals surface area contributed by atoms with E-state index in [1.165, 1.54) is 0 Å². The summed E-state index contributed by atoms with van der Waals surface area (Å²) in [4.78, 5) is 10.9. The fourth-order valence-electron chi connectivity index (χ4n) is 1.18. The lowest BCUT2D eigenvalue weighted by atomic mass is 10.1. The standard InChI is InChI=1S/C11H16N2O2/c1-2-11(14)15-10(13)7-8-3-5-9(12)6-4-8/h3-6,10H,2,7,12-13H2,1H3. The molecule has 0 aromatic heterocycles. The molecule has 1 aromatic carbocycles. The van der Waals surface area contributed by atoms with Crippen LogP contribution < -0.4 is 11.5 Å². The molecular weight excluding hydrogens is 192 g/mol. The van der Waals surface area contributed by atoms with Crippen molar-refractivity contribution in [3.8, 4) is 0 Å². The Bertz CT molecular complexity index is 322. The van der Waals surface area contributed by atoms with Crippen molar-refractivity contribution < 1.29 is 9.53 Å². The van der Waals surface area contributed by atoms with Gasteiger partial charge in [0.1, 0.15) is 0 Å². The molecule has 0 spiro atoms. The number of carbonyl (C=O) groups is 1. The van der Waals surface area contributed by atoms with Crippen molar-refractivity contribution in [1.29, 1.82) is 0 Å². The predicted octanol–water partition coefficient (Wildman–Crippen LogP) is 1.05. The number of benzene rings is 1. The number of rotatable bonds is 4. The van der Waals surface area contributed by atoms with Gasteiger partial charge >= 0.3 is 5.97 Å². The number of ether oxygens (including phenoxy) is 1. The van der Waals surface area contributed by atoms with Crippen molar-refractivity contribution in [3.05, 3.63) is 29.8 Å². The van der Waals surface area contributed by atoms with Crippen LogP contribution in [0.4, 0.5) is 5.69 Å². The van der Waals surface area contributed by atoms with Crippen molar-refractivity contribution in [1.82, 2.24) is 0 Å². The molecule has 82 valence electrons. The lowest BCUT2D eigenvalue weighted by Gasteiger charge is -2.12. The van der Waals surface area contributed by atoms with E-state index in [4.69, 9.17) is 16.2 Å². The summed E-state index contributed by atoms with van der Waals surface area (Å²) in [6, 6.07) is 7.33. The fraction of sp³-hybridized carbons (Fsp3) is 0.364. The van der Waals surface area contributed by atoms with Gasteiger partial charge < -0.3 is 10.5 Å².